The number of hydrogen-bond acceptors (Lipinski definition) is 25. The van der Waals surface area contributed by atoms with Crippen LogP contribution >= 0.6 is 0 Å². The number of ether oxygens (including phenoxy) is 6. The summed E-state index contributed by atoms with van der Waals surface area (Å²) >= 11 is 0. The van der Waals surface area contributed by atoms with Gasteiger partial charge in [-0.05, 0) is 37.7 Å². The Bertz CT molecular complexity index is 2200. The summed E-state index contributed by atoms with van der Waals surface area (Å²) in [5.41, 5.74) is 0.588. The number of carbonyl (C=O) groups excluding carboxylic acids is 2. The summed E-state index contributed by atoms with van der Waals surface area (Å²) in [6.45, 7) is 22.0. The molecule has 7 heterocycles. The topological polar surface area (TPSA) is 299 Å². The number of rotatable bonds is 37. The lowest BCUT2D eigenvalue weighted by Gasteiger charge is -2.37. The summed E-state index contributed by atoms with van der Waals surface area (Å²) in [6, 6.07) is 6.76. The van der Waals surface area contributed by atoms with E-state index in [0.29, 0.717) is 140 Å². The Morgan fingerprint density at radius 3 is 1.23 bits per heavy atom. The highest BCUT2D eigenvalue weighted by atomic mass is 16.5. The van der Waals surface area contributed by atoms with E-state index >= 15 is 0 Å². The van der Waals surface area contributed by atoms with Crippen LogP contribution in [0.4, 0.5) is 0 Å². The van der Waals surface area contributed by atoms with Crippen molar-refractivity contribution in [1.82, 2.24) is 65.1 Å². The Balaban J connectivity index is 0.855. The molecule has 0 aliphatic carbocycles. The summed E-state index contributed by atoms with van der Waals surface area (Å²) in [6.07, 6.45) is -0.600. The molecule has 9 N–H and O–H groups in total. The van der Waals surface area contributed by atoms with Gasteiger partial charge in [0.25, 0.3) is 11.8 Å². The van der Waals surface area contributed by atoms with E-state index in [-0.39, 0.29) is 83.3 Å². The van der Waals surface area contributed by atoms with E-state index in [0.717, 1.165) is 52.2 Å². The second-order valence-electron chi connectivity index (χ2n) is 24.9. The number of β-amino-alcohol motifs (C(OH)–C–C–N with tert-alkyl or cyclic N) is 2. The lowest BCUT2D eigenvalue weighted by molar-refractivity contribution is -0.155. The molecule has 5 aliphatic heterocycles. The minimum Gasteiger partial charge on any atom is -0.389 e. The van der Waals surface area contributed by atoms with E-state index in [1.165, 1.54) is 0 Å². The van der Waals surface area contributed by atoms with Crippen molar-refractivity contribution in [2.75, 3.05) is 237 Å². The highest BCUT2D eigenvalue weighted by Gasteiger charge is 2.36. The molecule has 2 aromatic rings. The van der Waals surface area contributed by atoms with Gasteiger partial charge in [0.05, 0.1) is 108 Å². The van der Waals surface area contributed by atoms with Crippen LogP contribution < -0.4 is 16.0 Å². The molecule has 5 fully saturated rings. The Labute approximate surface area is 515 Å². The summed E-state index contributed by atoms with van der Waals surface area (Å²) in [7, 11) is 1.87. The van der Waals surface area contributed by atoms with E-state index in [1.54, 1.807) is 46.5 Å². The monoisotopic (exact) mass is 1230 g/mol. The molecule has 2 amide bonds. The number of amides is 2. The Hall–Kier alpha value is -3.60. The van der Waals surface area contributed by atoms with E-state index in [2.05, 4.69) is 42.6 Å². The van der Waals surface area contributed by atoms with Gasteiger partial charge >= 0.3 is 0 Å². The predicted molar refractivity (Wildman–Crippen MR) is 326 cm³/mol. The fourth-order valence-corrected chi connectivity index (χ4v) is 11.4. The zero-order chi connectivity index (χ0) is 62.0. The first-order valence-electron chi connectivity index (χ1n) is 31.6. The van der Waals surface area contributed by atoms with Crippen LogP contribution in [-0.2, 0) is 28.4 Å². The number of pyridine rings is 2. The Morgan fingerprint density at radius 1 is 0.517 bits per heavy atom. The highest BCUT2D eigenvalue weighted by Crippen LogP contribution is 2.24. The minimum atomic E-state index is -0.944. The van der Waals surface area contributed by atoms with Gasteiger partial charge < -0.3 is 84.8 Å². The van der Waals surface area contributed by atoms with Gasteiger partial charge in [0.1, 0.15) is 24.9 Å². The normalized spacial score (nSPS) is 21.4. The summed E-state index contributed by atoms with van der Waals surface area (Å²) in [5, 5.41) is 75.6. The largest absolute Gasteiger partial charge is 0.389 e. The molecular formula is C60H105N13O14. The average Bonchev–Trinajstić information content (AvgIpc) is 3.55. The lowest BCUT2D eigenvalue weighted by atomic mass is 9.92. The van der Waals surface area contributed by atoms with Crippen LogP contribution in [0.1, 0.15) is 47.9 Å². The third kappa shape index (κ3) is 23.9. The Morgan fingerprint density at radius 2 is 0.862 bits per heavy atom. The number of nitrogens with one attached hydrogen (secondary N) is 3. The molecule has 6 unspecified atom stereocenters. The Kier molecular flexibility index (Phi) is 30.2. The fourth-order valence-electron chi connectivity index (χ4n) is 11.4. The van der Waals surface area contributed by atoms with E-state index < -0.39 is 42.5 Å². The maximum Gasteiger partial charge on any atom is 0.254 e. The van der Waals surface area contributed by atoms with Gasteiger partial charge in [-0.15, -0.1) is 0 Å². The number of hydrogen-bond donors (Lipinski definition) is 9. The second kappa shape index (κ2) is 37.0. The zero-order valence-electron chi connectivity index (χ0n) is 52.3. The van der Waals surface area contributed by atoms with Crippen molar-refractivity contribution in [2.24, 2.45) is 10.8 Å². The molecule has 0 spiro atoms. The molecule has 5 aliphatic rings. The first-order chi connectivity index (χ1) is 42.0. The number of likely N-dealkylation sites (N-methyl/N-ethyl adjacent to an activating group) is 1. The van der Waals surface area contributed by atoms with Crippen molar-refractivity contribution in [3.63, 3.8) is 0 Å². The van der Waals surface area contributed by atoms with E-state index in [1.807, 2.05) is 40.5 Å². The van der Waals surface area contributed by atoms with Gasteiger partial charge in [-0.2, -0.15) is 0 Å². The molecule has 494 valence electrons. The SMILES string of the molecule is CCCN(C)C(O)COCC(C)(C)COCC(O)CN1CCN(C(=O)c2ccnc(-c3cc(C(=O)N4CCN(CC(O)COCC(COCC(O)N5CCNCC5)(COCC(O)N5CCNCC5)COCC(O)N5CCNCC5)CC4)ccn3)c2)CC1. The zero-order valence-corrected chi connectivity index (χ0v) is 52.3. The quantitative estimate of drug-likeness (QED) is 0.0302. The second-order valence-corrected chi connectivity index (χ2v) is 24.9. The first-order valence-corrected chi connectivity index (χ1v) is 31.6. The van der Waals surface area contributed by atoms with E-state index in [4.69, 9.17) is 28.4 Å². The molecule has 2 aromatic heterocycles. The van der Waals surface area contributed by atoms with Crippen molar-refractivity contribution < 1.29 is 68.6 Å². The predicted octanol–water partition coefficient (Wildman–Crippen LogP) is -3.18. The third-order valence-corrected chi connectivity index (χ3v) is 16.6. The molecule has 6 atom stereocenters. The molecule has 27 nitrogen and oxygen atoms in total. The molecule has 0 bridgehead atoms. The maximum absolute atomic E-state index is 14.0. The number of aliphatic hydroxyl groups is 6. The smallest absolute Gasteiger partial charge is 0.254 e. The third-order valence-electron chi connectivity index (χ3n) is 16.6. The minimum absolute atomic E-state index is 0.0146. The fraction of sp³-hybridized carbons (Fsp3) is 0.800. The van der Waals surface area contributed by atoms with Crippen molar-refractivity contribution in [3.8, 4) is 11.4 Å². The standard InChI is InChI=1S/C60H105N13O14/c1-5-16-66(4)53(76)37-84-42-59(2,3)41-82-35-49(74)33-67-23-27-72(28-24-67)57(80)47-6-8-64-51(31-47)52-32-48(7-9-65-52)58(81)73-29-25-68(26-30-73)34-50(75)36-83-43-60(44-85-38-54(77)69-17-10-61-11-18-69,45-86-39-55(78)70-19-12-62-13-20-70)46-87-40-56(79)71-21-14-63-15-22-71/h6-9,31-32,49-50,53-56,61-63,74-79H,5,10-30,33-46H2,1-4H3. The molecular weight excluding hydrogens is 1130 g/mol. The van der Waals surface area contributed by atoms with Crippen LogP contribution in [0.5, 0.6) is 0 Å². The molecule has 5 saturated heterocycles. The van der Waals surface area contributed by atoms with Crippen molar-refractivity contribution >= 4 is 11.8 Å². The van der Waals surface area contributed by atoms with Gasteiger partial charge in [0, 0.05) is 179 Å². The van der Waals surface area contributed by atoms with Gasteiger partial charge in [-0.3, -0.25) is 49.0 Å². The summed E-state index contributed by atoms with van der Waals surface area (Å²) in [4.78, 5) is 52.4. The molecule has 0 saturated carbocycles. The molecule has 87 heavy (non-hydrogen) atoms. The molecule has 0 radical (unpaired) electrons. The lowest BCUT2D eigenvalue weighted by Crippen LogP contribution is -2.52. The maximum atomic E-state index is 14.0. The average molecular weight is 1230 g/mol. The van der Waals surface area contributed by atoms with E-state index in [9.17, 15) is 40.2 Å². The van der Waals surface area contributed by atoms with Crippen LogP contribution in [0.3, 0.4) is 0 Å². The summed E-state index contributed by atoms with van der Waals surface area (Å²) in [5.74, 6) is -0.300. The van der Waals surface area contributed by atoms with Crippen molar-refractivity contribution in [2.45, 2.75) is 64.3 Å². The number of piperazine rings is 5. The van der Waals surface area contributed by atoms with Crippen LogP contribution in [0.25, 0.3) is 11.4 Å². The van der Waals surface area contributed by atoms with Gasteiger partial charge in [-0.25, -0.2) is 0 Å². The van der Waals surface area contributed by atoms with Crippen LogP contribution in [0.15, 0.2) is 36.7 Å². The van der Waals surface area contributed by atoms with Gasteiger partial charge in [0.2, 0.25) is 0 Å². The number of carbonyl (C=O) groups is 2. The van der Waals surface area contributed by atoms with Crippen LogP contribution in [0.2, 0.25) is 0 Å². The first kappa shape index (κ1) is 70.9. The van der Waals surface area contributed by atoms with Gasteiger partial charge in [-0.1, -0.05) is 20.8 Å². The van der Waals surface area contributed by atoms with Crippen molar-refractivity contribution in [1.29, 1.82) is 0 Å². The van der Waals surface area contributed by atoms with Crippen LogP contribution in [-0.4, -0.2) is 366 Å². The van der Waals surface area contributed by atoms with Crippen molar-refractivity contribution in [3.05, 3.63) is 47.8 Å². The van der Waals surface area contributed by atoms with Gasteiger partial charge in [0.15, 0.2) is 0 Å². The molecule has 0 aromatic carbocycles. The number of aliphatic hydroxyl groups excluding tert-OH is 6. The van der Waals surface area contributed by atoms with Crippen LogP contribution in [0, 0.1) is 10.8 Å². The number of aromatic nitrogens is 2. The number of nitrogens with zero attached hydrogens (tertiary/aromatic N) is 10. The molecule has 27 heteroatoms. The molecule has 7 rings (SSSR count). The summed E-state index contributed by atoms with van der Waals surface area (Å²) < 4.78 is 36.7. The highest BCUT2D eigenvalue weighted by molar-refractivity contribution is 5.96.